The van der Waals surface area contributed by atoms with Crippen LogP contribution in [0.15, 0.2) is 30.6 Å². The molecule has 2 fully saturated rings. The van der Waals surface area contributed by atoms with Gasteiger partial charge in [0.15, 0.2) is 17.3 Å². The first-order valence-corrected chi connectivity index (χ1v) is 13.0. The van der Waals surface area contributed by atoms with Gasteiger partial charge in [0.2, 0.25) is 5.91 Å². The summed E-state index contributed by atoms with van der Waals surface area (Å²) in [5, 5.41) is 31.9. The van der Waals surface area contributed by atoms with Crippen molar-refractivity contribution in [2.45, 2.75) is 58.0 Å². The van der Waals surface area contributed by atoms with E-state index in [2.05, 4.69) is 26.7 Å². The van der Waals surface area contributed by atoms with Gasteiger partial charge in [0.05, 0.1) is 23.9 Å². The third-order valence-electron chi connectivity index (χ3n) is 7.69. The molecule has 2 aromatic heterocycles. The predicted octanol–water partition coefficient (Wildman–Crippen LogP) is 3.87. The Morgan fingerprint density at radius 3 is 2.79 bits per heavy atom. The number of benzene rings is 1. The molecule has 196 valence electrons. The van der Waals surface area contributed by atoms with Crippen LogP contribution in [0.4, 0.5) is 5.82 Å². The van der Waals surface area contributed by atoms with Crippen molar-refractivity contribution in [3.05, 3.63) is 63.6 Å². The summed E-state index contributed by atoms with van der Waals surface area (Å²) < 4.78 is 1.55. The Bertz CT molecular complexity index is 1460. The molecule has 5 rings (SSSR count). The molecule has 2 N–H and O–H groups in total. The quantitative estimate of drug-likeness (QED) is 0.490. The number of pyridine rings is 1. The number of nitrogens with zero attached hydrogens (tertiary/aromatic N) is 6. The van der Waals surface area contributed by atoms with Crippen LogP contribution in [-0.4, -0.2) is 49.5 Å². The smallest absolute Gasteiger partial charge is 0.273 e. The highest BCUT2D eigenvalue weighted by atomic mass is 35.5. The van der Waals surface area contributed by atoms with Crippen molar-refractivity contribution in [2.24, 2.45) is 5.92 Å². The summed E-state index contributed by atoms with van der Waals surface area (Å²) in [6, 6.07) is 7.06. The second-order valence-electron chi connectivity index (χ2n) is 10.1. The highest BCUT2D eigenvalue weighted by Crippen LogP contribution is 2.40. The molecule has 1 saturated heterocycles. The number of carbonyl (C=O) groups excluding carboxylic acids is 2. The minimum Gasteiger partial charge on any atom is -0.504 e. The SMILES string of the molecule is Cc1c(C(C)n2cc(C(=O)NC3CC(c4cc(Cl)ccc4C#N)C3)nn2)cnc(N2CCC(C)C2=O)c1O. The highest BCUT2D eigenvalue weighted by molar-refractivity contribution is 6.30. The molecule has 10 nitrogen and oxygen atoms in total. The molecule has 38 heavy (non-hydrogen) atoms. The van der Waals surface area contributed by atoms with Crippen molar-refractivity contribution in [2.75, 3.05) is 11.4 Å². The van der Waals surface area contributed by atoms with Crippen molar-refractivity contribution in [1.29, 1.82) is 5.26 Å². The summed E-state index contributed by atoms with van der Waals surface area (Å²) >= 11 is 6.11. The van der Waals surface area contributed by atoms with E-state index in [-0.39, 0.29) is 53.0 Å². The van der Waals surface area contributed by atoms with Crippen LogP contribution in [0.25, 0.3) is 0 Å². The molecule has 1 aromatic carbocycles. The fourth-order valence-electron chi connectivity index (χ4n) is 5.18. The average Bonchev–Trinajstić information content (AvgIpc) is 3.50. The van der Waals surface area contributed by atoms with Gasteiger partial charge in [-0.1, -0.05) is 23.7 Å². The summed E-state index contributed by atoms with van der Waals surface area (Å²) in [6.07, 6.45) is 5.34. The minimum absolute atomic E-state index is 0.0336. The minimum atomic E-state index is -0.356. The van der Waals surface area contributed by atoms with E-state index in [1.54, 1.807) is 36.1 Å². The molecule has 11 heteroatoms. The summed E-state index contributed by atoms with van der Waals surface area (Å²) in [6.45, 7) is 6.04. The van der Waals surface area contributed by atoms with E-state index in [9.17, 15) is 20.0 Å². The standard InChI is InChI=1S/C27H28ClN7O3/c1-14-6-7-34(27(14)38)25-24(36)15(2)22(12-30-25)16(3)35-13-23(32-33-35)26(37)31-20-8-18(9-20)21-10-19(28)5-4-17(21)11-29/h4-5,10,12-14,16,18,20,36H,6-9H2,1-3H3,(H,31,37). The first kappa shape index (κ1) is 25.7. The van der Waals surface area contributed by atoms with E-state index < -0.39 is 0 Å². The number of rotatable bonds is 6. The molecule has 2 atom stereocenters. The molecule has 2 unspecified atom stereocenters. The Balaban J connectivity index is 1.24. The zero-order chi connectivity index (χ0) is 27.1. The van der Waals surface area contributed by atoms with Gasteiger partial charge in [0.25, 0.3) is 5.91 Å². The lowest BCUT2D eigenvalue weighted by atomic mass is 9.74. The van der Waals surface area contributed by atoms with Gasteiger partial charge in [-0.3, -0.25) is 14.5 Å². The van der Waals surface area contributed by atoms with Crippen molar-refractivity contribution in [1.82, 2.24) is 25.3 Å². The number of hydrogen-bond donors (Lipinski definition) is 2. The van der Waals surface area contributed by atoms with Crippen LogP contribution < -0.4 is 10.2 Å². The molecule has 1 aliphatic heterocycles. The van der Waals surface area contributed by atoms with Gasteiger partial charge < -0.3 is 10.4 Å². The number of aromatic hydroxyl groups is 1. The summed E-state index contributed by atoms with van der Waals surface area (Å²) in [5.41, 5.74) is 3.00. The van der Waals surface area contributed by atoms with Crippen LogP contribution in [0.2, 0.25) is 5.02 Å². The lowest BCUT2D eigenvalue weighted by Gasteiger charge is -2.36. The summed E-state index contributed by atoms with van der Waals surface area (Å²) in [5.74, 6) is -0.0651. The fraction of sp³-hybridized carbons (Fsp3) is 0.407. The number of nitrogens with one attached hydrogen (secondary N) is 1. The van der Waals surface area contributed by atoms with E-state index in [0.717, 1.165) is 12.0 Å². The second-order valence-corrected chi connectivity index (χ2v) is 10.6. The fourth-order valence-corrected chi connectivity index (χ4v) is 5.36. The molecular formula is C27H28ClN7O3. The maximum Gasteiger partial charge on any atom is 0.273 e. The lowest BCUT2D eigenvalue weighted by Crippen LogP contribution is -2.43. The van der Waals surface area contributed by atoms with Gasteiger partial charge in [-0.2, -0.15) is 5.26 Å². The van der Waals surface area contributed by atoms with Gasteiger partial charge in [-0.15, -0.1) is 5.10 Å². The van der Waals surface area contributed by atoms with Gasteiger partial charge in [-0.25, -0.2) is 9.67 Å². The van der Waals surface area contributed by atoms with E-state index in [4.69, 9.17) is 11.6 Å². The predicted molar refractivity (Wildman–Crippen MR) is 140 cm³/mol. The molecular weight excluding hydrogens is 506 g/mol. The number of anilines is 1. The Morgan fingerprint density at radius 1 is 1.34 bits per heavy atom. The molecule has 3 aromatic rings. The monoisotopic (exact) mass is 533 g/mol. The zero-order valence-corrected chi connectivity index (χ0v) is 22.1. The topological polar surface area (TPSA) is 137 Å². The van der Waals surface area contributed by atoms with Crippen molar-refractivity contribution < 1.29 is 14.7 Å². The Morgan fingerprint density at radius 2 is 2.11 bits per heavy atom. The van der Waals surface area contributed by atoms with E-state index >= 15 is 0 Å². The number of nitriles is 1. The van der Waals surface area contributed by atoms with Crippen molar-refractivity contribution >= 4 is 29.2 Å². The zero-order valence-electron chi connectivity index (χ0n) is 21.3. The van der Waals surface area contributed by atoms with E-state index in [1.165, 1.54) is 4.90 Å². The van der Waals surface area contributed by atoms with Crippen LogP contribution in [0, 0.1) is 24.2 Å². The molecule has 2 aliphatic rings. The van der Waals surface area contributed by atoms with Crippen LogP contribution in [0.5, 0.6) is 5.75 Å². The Labute approximate surface area is 225 Å². The number of amides is 2. The molecule has 2 amide bonds. The number of aromatic nitrogens is 4. The Hall–Kier alpha value is -3.97. The summed E-state index contributed by atoms with van der Waals surface area (Å²) in [7, 11) is 0. The molecule has 3 heterocycles. The van der Waals surface area contributed by atoms with Crippen LogP contribution in [0.3, 0.4) is 0 Å². The van der Waals surface area contributed by atoms with Gasteiger partial charge >= 0.3 is 0 Å². The number of halogens is 1. The summed E-state index contributed by atoms with van der Waals surface area (Å²) in [4.78, 5) is 31.1. The molecule has 0 bridgehead atoms. The van der Waals surface area contributed by atoms with Crippen LogP contribution in [-0.2, 0) is 4.79 Å². The largest absolute Gasteiger partial charge is 0.504 e. The average molecular weight is 534 g/mol. The highest BCUT2D eigenvalue weighted by Gasteiger charge is 2.34. The van der Waals surface area contributed by atoms with Crippen LogP contribution in [0.1, 0.15) is 77.8 Å². The van der Waals surface area contributed by atoms with Gasteiger partial charge in [0.1, 0.15) is 0 Å². The van der Waals surface area contributed by atoms with Gasteiger partial charge in [0, 0.05) is 40.9 Å². The second kappa shape index (κ2) is 10.1. The molecule has 0 spiro atoms. The number of hydrogen-bond acceptors (Lipinski definition) is 7. The van der Waals surface area contributed by atoms with Crippen molar-refractivity contribution in [3.63, 3.8) is 0 Å². The molecule has 1 aliphatic carbocycles. The maximum atomic E-state index is 12.8. The first-order chi connectivity index (χ1) is 18.2. The van der Waals surface area contributed by atoms with Crippen molar-refractivity contribution in [3.8, 4) is 11.8 Å². The molecule has 1 saturated carbocycles. The normalized spacial score (nSPS) is 21.6. The molecule has 0 radical (unpaired) electrons. The van der Waals surface area contributed by atoms with E-state index in [0.29, 0.717) is 41.1 Å². The lowest BCUT2D eigenvalue weighted by molar-refractivity contribution is -0.119. The van der Waals surface area contributed by atoms with Crippen LogP contribution >= 0.6 is 11.6 Å². The Kier molecular flexibility index (Phi) is 6.80. The van der Waals surface area contributed by atoms with Gasteiger partial charge in [-0.05, 0) is 62.8 Å². The maximum absolute atomic E-state index is 12.8. The first-order valence-electron chi connectivity index (χ1n) is 12.6. The third kappa shape index (κ3) is 4.58. The third-order valence-corrected chi connectivity index (χ3v) is 7.93. The van der Waals surface area contributed by atoms with E-state index in [1.807, 2.05) is 19.9 Å². The number of carbonyl (C=O) groups is 2.